The molecular formula is C30H37ClFN5O2. The highest BCUT2D eigenvalue weighted by Gasteiger charge is 2.27. The summed E-state index contributed by atoms with van der Waals surface area (Å²) in [6.45, 7) is 9.32. The zero-order valence-corrected chi connectivity index (χ0v) is 23.3. The molecule has 2 aliphatic rings. The van der Waals surface area contributed by atoms with Gasteiger partial charge in [0.2, 0.25) is 11.8 Å². The van der Waals surface area contributed by atoms with E-state index in [4.69, 9.17) is 21.0 Å². The quantitative estimate of drug-likeness (QED) is 0.377. The first-order chi connectivity index (χ1) is 19.0. The second-order valence-electron chi connectivity index (χ2n) is 10.5. The topological polar surface area (TPSA) is 64.9 Å². The Kier molecular flexibility index (Phi) is 9.17. The molecule has 1 aromatic heterocycles. The highest BCUT2D eigenvalue weighted by molar-refractivity contribution is 6.30. The molecule has 1 amide bonds. The minimum absolute atomic E-state index is 0.0114. The fourth-order valence-corrected chi connectivity index (χ4v) is 5.71. The van der Waals surface area contributed by atoms with Gasteiger partial charge in [-0.3, -0.25) is 14.6 Å². The molecule has 3 heterocycles. The summed E-state index contributed by atoms with van der Waals surface area (Å²) in [5, 5.41) is 3.81. The molecule has 0 unspecified atom stereocenters. The highest BCUT2D eigenvalue weighted by atomic mass is 35.5. The molecule has 39 heavy (non-hydrogen) atoms. The van der Waals surface area contributed by atoms with Crippen LogP contribution in [0.4, 0.5) is 10.1 Å². The Labute approximate surface area is 234 Å². The highest BCUT2D eigenvalue weighted by Crippen LogP contribution is 2.26. The second-order valence-corrected chi connectivity index (χ2v) is 11.0. The van der Waals surface area contributed by atoms with Gasteiger partial charge >= 0.3 is 0 Å². The van der Waals surface area contributed by atoms with Gasteiger partial charge in [0.15, 0.2) is 0 Å². The minimum atomic E-state index is -0.159. The predicted octanol–water partition coefficient (Wildman–Crippen LogP) is 4.98. The zero-order chi connectivity index (χ0) is 27.2. The summed E-state index contributed by atoms with van der Waals surface area (Å²) in [5.41, 5.74) is 2.45. The first-order valence-corrected chi connectivity index (χ1v) is 14.3. The number of aryl methyl sites for hydroxylation is 1. The average Bonchev–Trinajstić information content (AvgIpc) is 3.31. The van der Waals surface area contributed by atoms with E-state index in [0.717, 1.165) is 82.1 Å². The molecule has 1 atom stereocenters. The van der Waals surface area contributed by atoms with Gasteiger partial charge in [0.05, 0.1) is 17.3 Å². The number of hydrogen-bond acceptors (Lipinski definition) is 6. The van der Waals surface area contributed by atoms with Gasteiger partial charge in [-0.25, -0.2) is 9.37 Å². The van der Waals surface area contributed by atoms with E-state index in [0.29, 0.717) is 29.7 Å². The van der Waals surface area contributed by atoms with Crippen molar-refractivity contribution in [1.29, 1.82) is 0 Å². The monoisotopic (exact) mass is 553 g/mol. The van der Waals surface area contributed by atoms with Crippen LogP contribution in [-0.2, 0) is 11.3 Å². The normalized spacial score (nSPS) is 18.8. The van der Waals surface area contributed by atoms with Crippen molar-refractivity contribution < 1.29 is 13.6 Å². The van der Waals surface area contributed by atoms with Crippen molar-refractivity contribution in [3.63, 3.8) is 0 Å². The number of oxazole rings is 1. The van der Waals surface area contributed by atoms with Crippen LogP contribution in [0.15, 0.2) is 52.9 Å². The SMILES string of the molecule is Cc1oc(-c2cccc(Cl)c2)nc1CN1CCC[C@@H](C(=O)NCCCN2CCN(c3ccccc3F)CC2)C1. The molecule has 2 aromatic carbocycles. The summed E-state index contributed by atoms with van der Waals surface area (Å²) in [5.74, 6) is 1.34. The van der Waals surface area contributed by atoms with Crippen molar-refractivity contribution >= 4 is 23.2 Å². The first-order valence-electron chi connectivity index (χ1n) is 13.9. The number of para-hydroxylation sites is 1. The lowest BCUT2D eigenvalue weighted by atomic mass is 9.97. The van der Waals surface area contributed by atoms with Gasteiger partial charge in [-0.15, -0.1) is 0 Å². The summed E-state index contributed by atoms with van der Waals surface area (Å²) in [6, 6.07) is 14.5. The van der Waals surface area contributed by atoms with Gasteiger partial charge in [0.25, 0.3) is 0 Å². The zero-order valence-electron chi connectivity index (χ0n) is 22.5. The van der Waals surface area contributed by atoms with Gasteiger partial charge in [0.1, 0.15) is 11.6 Å². The number of aromatic nitrogens is 1. The van der Waals surface area contributed by atoms with Crippen molar-refractivity contribution in [2.24, 2.45) is 5.92 Å². The number of piperazine rings is 1. The van der Waals surface area contributed by atoms with Crippen LogP contribution in [0.5, 0.6) is 0 Å². The maximum Gasteiger partial charge on any atom is 0.226 e. The van der Waals surface area contributed by atoms with Crippen molar-refractivity contribution in [1.82, 2.24) is 20.1 Å². The summed E-state index contributed by atoms with van der Waals surface area (Å²) >= 11 is 6.13. The standard InChI is InChI=1S/C30H37ClFN5O2/c1-22-27(34-30(39-22)23-7-4-9-25(31)19-23)21-36-13-5-8-24(20-36)29(38)33-12-6-14-35-15-17-37(18-16-35)28-11-3-2-10-26(28)32/h2-4,7,9-11,19,24H,5-6,8,12-18,20-21H2,1H3,(H,33,38)/t24-/m1/s1. The van der Waals surface area contributed by atoms with E-state index in [1.54, 1.807) is 6.07 Å². The number of anilines is 1. The van der Waals surface area contributed by atoms with Crippen LogP contribution in [0.1, 0.15) is 30.7 Å². The van der Waals surface area contributed by atoms with Crippen LogP contribution in [0, 0.1) is 18.7 Å². The number of nitrogens with zero attached hydrogens (tertiary/aromatic N) is 4. The van der Waals surface area contributed by atoms with Crippen molar-refractivity contribution in [3.8, 4) is 11.5 Å². The Balaban J connectivity index is 1.03. The molecule has 2 saturated heterocycles. The molecular weight excluding hydrogens is 517 g/mol. The fraction of sp³-hybridized carbons (Fsp3) is 0.467. The van der Waals surface area contributed by atoms with Crippen LogP contribution >= 0.6 is 11.6 Å². The van der Waals surface area contributed by atoms with Crippen LogP contribution in [0.3, 0.4) is 0 Å². The van der Waals surface area contributed by atoms with Crippen molar-refractivity contribution in [2.75, 3.05) is 57.3 Å². The molecule has 0 aliphatic carbocycles. The Bertz CT molecular complexity index is 1260. The number of amides is 1. The number of carbonyl (C=O) groups is 1. The van der Waals surface area contributed by atoms with Gasteiger partial charge in [0, 0.05) is 56.4 Å². The average molecular weight is 554 g/mol. The smallest absolute Gasteiger partial charge is 0.226 e. The maximum atomic E-state index is 14.1. The maximum absolute atomic E-state index is 14.1. The Morgan fingerprint density at radius 2 is 1.92 bits per heavy atom. The third-order valence-corrected chi connectivity index (χ3v) is 7.96. The molecule has 208 valence electrons. The van der Waals surface area contributed by atoms with Crippen LogP contribution in [0.2, 0.25) is 5.02 Å². The molecule has 9 heteroatoms. The molecule has 0 saturated carbocycles. The number of nitrogens with one attached hydrogen (secondary N) is 1. The fourth-order valence-electron chi connectivity index (χ4n) is 5.52. The third kappa shape index (κ3) is 7.18. The van der Waals surface area contributed by atoms with Crippen LogP contribution in [-0.4, -0.2) is 73.0 Å². The van der Waals surface area contributed by atoms with E-state index >= 15 is 0 Å². The molecule has 1 N–H and O–H groups in total. The van der Waals surface area contributed by atoms with Gasteiger partial charge < -0.3 is 14.6 Å². The van der Waals surface area contributed by atoms with Gasteiger partial charge in [-0.2, -0.15) is 0 Å². The van der Waals surface area contributed by atoms with E-state index < -0.39 is 0 Å². The second kappa shape index (κ2) is 12.9. The summed E-state index contributed by atoms with van der Waals surface area (Å²) in [7, 11) is 0. The summed E-state index contributed by atoms with van der Waals surface area (Å²) < 4.78 is 20.0. The molecule has 3 aromatic rings. The summed E-state index contributed by atoms with van der Waals surface area (Å²) in [4.78, 5) is 24.5. The molecule has 0 spiro atoms. The van der Waals surface area contributed by atoms with Crippen molar-refractivity contribution in [2.45, 2.75) is 32.7 Å². The van der Waals surface area contributed by atoms with E-state index in [-0.39, 0.29) is 17.6 Å². The number of likely N-dealkylation sites (tertiary alicyclic amines) is 1. The molecule has 5 rings (SSSR count). The van der Waals surface area contributed by atoms with E-state index in [1.807, 2.05) is 43.3 Å². The number of carbonyl (C=O) groups excluding carboxylic acids is 1. The lowest BCUT2D eigenvalue weighted by Crippen LogP contribution is -2.47. The lowest BCUT2D eigenvalue weighted by molar-refractivity contribution is -0.126. The van der Waals surface area contributed by atoms with E-state index in [2.05, 4.69) is 20.0 Å². The number of halogens is 2. The van der Waals surface area contributed by atoms with Crippen LogP contribution < -0.4 is 10.2 Å². The van der Waals surface area contributed by atoms with E-state index in [1.165, 1.54) is 6.07 Å². The lowest BCUT2D eigenvalue weighted by Gasteiger charge is -2.36. The Hall–Kier alpha value is -2.94. The number of piperidine rings is 1. The largest absolute Gasteiger partial charge is 0.441 e. The summed E-state index contributed by atoms with van der Waals surface area (Å²) in [6.07, 6.45) is 2.81. The van der Waals surface area contributed by atoms with Crippen LogP contribution in [0.25, 0.3) is 11.5 Å². The molecule has 0 radical (unpaired) electrons. The van der Waals surface area contributed by atoms with Gasteiger partial charge in [-0.05, 0) is 69.6 Å². The Morgan fingerprint density at radius 3 is 2.72 bits per heavy atom. The predicted molar refractivity (Wildman–Crippen MR) is 152 cm³/mol. The molecule has 7 nitrogen and oxygen atoms in total. The third-order valence-electron chi connectivity index (χ3n) is 7.73. The minimum Gasteiger partial charge on any atom is -0.441 e. The number of rotatable bonds is 9. The molecule has 2 aliphatic heterocycles. The van der Waals surface area contributed by atoms with Gasteiger partial charge in [-0.1, -0.05) is 29.8 Å². The number of hydrogen-bond donors (Lipinski definition) is 1. The molecule has 2 fully saturated rings. The molecule has 0 bridgehead atoms. The Morgan fingerprint density at radius 1 is 1.10 bits per heavy atom. The van der Waals surface area contributed by atoms with E-state index in [9.17, 15) is 9.18 Å². The van der Waals surface area contributed by atoms with Crippen molar-refractivity contribution in [3.05, 3.63) is 70.8 Å². The first kappa shape index (κ1) is 27.6. The number of benzene rings is 2.